The normalized spacial score (nSPS) is 32.5. The van der Waals surface area contributed by atoms with E-state index in [9.17, 15) is 10.2 Å². The third-order valence-electron chi connectivity index (χ3n) is 5.41. The molecule has 1 fully saturated rings. The minimum atomic E-state index is -1.98. The Morgan fingerprint density at radius 1 is 1.04 bits per heavy atom. The zero-order valence-electron chi connectivity index (χ0n) is 18.0. The van der Waals surface area contributed by atoms with Crippen LogP contribution in [0.25, 0.3) is 0 Å². The SMILES string of the molecule is CO[C@H]1OC(CO[Si](C)(C)C(C)(C)C)[C@@H](O)C(O)C1O[S+](C)C(C)(C)C. The van der Waals surface area contributed by atoms with E-state index in [2.05, 4.69) is 54.6 Å². The number of hydrogen-bond acceptors (Lipinski definition) is 6. The first-order chi connectivity index (χ1) is 11.6. The molecule has 2 N–H and O–H groups in total. The van der Waals surface area contributed by atoms with Gasteiger partial charge in [-0.1, -0.05) is 20.8 Å². The van der Waals surface area contributed by atoms with E-state index in [4.69, 9.17) is 18.1 Å². The molecular formula is C18H39O6SSi+. The lowest BCUT2D eigenvalue weighted by Gasteiger charge is -2.43. The van der Waals surface area contributed by atoms with Crippen LogP contribution in [0, 0.1) is 0 Å². The number of hydrogen-bond donors (Lipinski definition) is 2. The maximum absolute atomic E-state index is 10.6. The zero-order chi connectivity index (χ0) is 20.5. The molecule has 0 aromatic heterocycles. The third-order valence-corrected chi connectivity index (χ3v) is 12.1. The Labute approximate surface area is 163 Å². The van der Waals surface area contributed by atoms with E-state index >= 15 is 0 Å². The molecule has 0 aromatic carbocycles. The van der Waals surface area contributed by atoms with Crippen molar-refractivity contribution in [2.24, 2.45) is 0 Å². The topological polar surface area (TPSA) is 77.4 Å². The van der Waals surface area contributed by atoms with E-state index in [1.807, 2.05) is 6.26 Å². The summed E-state index contributed by atoms with van der Waals surface area (Å²) in [6.45, 7) is 17.2. The van der Waals surface area contributed by atoms with Gasteiger partial charge in [0.05, 0.1) is 6.61 Å². The highest BCUT2D eigenvalue weighted by atomic mass is 32.2. The molecule has 0 aromatic rings. The smallest absolute Gasteiger partial charge is 0.193 e. The van der Waals surface area contributed by atoms with Crippen LogP contribution in [0.3, 0.4) is 0 Å². The first kappa shape index (κ1) is 24.4. The summed E-state index contributed by atoms with van der Waals surface area (Å²) in [5.41, 5.74) is 0. The van der Waals surface area contributed by atoms with Crippen molar-refractivity contribution in [1.29, 1.82) is 0 Å². The van der Waals surface area contributed by atoms with Gasteiger partial charge >= 0.3 is 0 Å². The first-order valence-corrected chi connectivity index (χ1v) is 13.6. The largest absolute Gasteiger partial charge is 0.414 e. The lowest BCUT2D eigenvalue weighted by atomic mass is 9.99. The molecule has 1 saturated heterocycles. The summed E-state index contributed by atoms with van der Waals surface area (Å²) in [6.07, 6.45) is -2.37. The Kier molecular flexibility index (Phi) is 8.22. The minimum Gasteiger partial charge on any atom is -0.414 e. The van der Waals surface area contributed by atoms with Crippen LogP contribution in [-0.2, 0) is 29.3 Å². The van der Waals surface area contributed by atoms with Crippen molar-refractivity contribution in [3.63, 3.8) is 0 Å². The quantitative estimate of drug-likeness (QED) is 0.516. The van der Waals surface area contributed by atoms with Crippen LogP contribution >= 0.6 is 0 Å². The highest BCUT2D eigenvalue weighted by Gasteiger charge is 2.51. The van der Waals surface area contributed by atoms with Crippen LogP contribution in [0.1, 0.15) is 41.5 Å². The van der Waals surface area contributed by atoms with Crippen LogP contribution in [0.2, 0.25) is 18.1 Å². The van der Waals surface area contributed by atoms with Gasteiger partial charge in [-0.2, -0.15) is 4.18 Å². The lowest BCUT2D eigenvalue weighted by molar-refractivity contribution is -0.286. The van der Waals surface area contributed by atoms with Gasteiger partial charge in [-0.25, -0.2) is 0 Å². The van der Waals surface area contributed by atoms with Crippen LogP contribution in [0.4, 0.5) is 0 Å². The average molecular weight is 412 g/mol. The van der Waals surface area contributed by atoms with Crippen molar-refractivity contribution in [1.82, 2.24) is 0 Å². The van der Waals surface area contributed by atoms with Gasteiger partial charge in [0, 0.05) is 7.11 Å². The Hall–Kier alpha value is 0.327. The fourth-order valence-corrected chi connectivity index (χ4v) is 3.99. The van der Waals surface area contributed by atoms with E-state index < -0.39 is 50.2 Å². The molecule has 4 unspecified atom stereocenters. The lowest BCUT2D eigenvalue weighted by Crippen LogP contribution is -2.61. The zero-order valence-corrected chi connectivity index (χ0v) is 19.8. The van der Waals surface area contributed by atoms with Crippen molar-refractivity contribution in [3.05, 3.63) is 0 Å². The van der Waals surface area contributed by atoms with E-state index in [-0.39, 0.29) is 16.4 Å². The van der Waals surface area contributed by atoms with Gasteiger partial charge in [-0.15, -0.1) is 0 Å². The molecule has 1 aliphatic rings. The number of rotatable bonds is 6. The third kappa shape index (κ3) is 5.91. The van der Waals surface area contributed by atoms with Crippen LogP contribution < -0.4 is 0 Å². The summed E-state index contributed by atoms with van der Waals surface area (Å²) in [7, 11) is -0.468. The van der Waals surface area contributed by atoms with Crippen LogP contribution in [0.15, 0.2) is 0 Å². The van der Waals surface area contributed by atoms with Gasteiger partial charge in [0.25, 0.3) is 0 Å². The van der Waals surface area contributed by atoms with E-state index in [1.54, 1.807) is 0 Å². The van der Waals surface area contributed by atoms with Gasteiger partial charge in [0.15, 0.2) is 25.5 Å². The molecule has 0 aliphatic carbocycles. The second-order valence-corrected chi connectivity index (χ2v) is 16.6. The van der Waals surface area contributed by atoms with E-state index in [0.717, 1.165) is 0 Å². The fourth-order valence-electron chi connectivity index (χ4n) is 2.15. The van der Waals surface area contributed by atoms with E-state index in [1.165, 1.54) is 7.11 Å². The predicted octanol–water partition coefficient (Wildman–Crippen LogP) is 2.45. The highest BCUT2D eigenvalue weighted by Crippen LogP contribution is 2.37. The predicted molar refractivity (Wildman–Crippen MR) is 109 cm³/mol. The second kappa shape index (κ2) is 8.78. The Bertz CT molecular complexity index is 446. The summed E-state index contributed by atoms with van der Waals surface area (Å²) in [5.74, 6) is 0. The number of aliphatic hydroxyl groups is 2. The summed E-state index contributed by atoms with van der Waals surface area (Å²) < 4.78 is 23.4. The molecule has 1 heterocycles. The van der Waals surface area contributed by atoms with Gasteiger partial charge < -0.3 is 24.1 Å². The molecule has 6 nitrogen and oxygen atoms in total. The molecule has 0 bridgehead atoms. The van der Waals surface area contributed by atoms with Crippen molar-refractivity contribution < 1.29 is 28.3 Å². The molecule has 1 rings (SSSR count). The molecule has 8 heteroatoms. The molecule has 0 saturated carbocycles. The van der Waals surface area contributed by atoms with Crippen molar-refractivity contribution >= 4 is 19.5 Å². The van der Waals surface area contributed by atoms with Gasteiger partial charge in [-0.3, -0.25) is 0 Å². The molecule has 6 atom stereocenters. The molecule has 156 valence electrons. The Morgan fingerprint density at radius 3 is 2.00 bits per heavy atom. The van der Waals surface area contributed by atoms with Crippen LogP contribution in [-0.4, -0.2) is 74.0 Å². The summed E-state index contributed by atoms with van der Waals surface area (Å²) >= 11 is -0.439. The van der Waals surface area contributed by atoms with Crippen molar-refractivity contribution in [3.8, 4) is 0 Å². The van der Waals surface area contributed by atoms with Gasteiger partial charge in [-0.05, 0) is 38.9 Å². The average Bonchev–Trinajstić information content (AvgIpc) is 2.48. The second-order valence-electron chi connectivity index (χ2n) is 9.46. The van der Waals surface area contributed by atoms with Crippen molar-refractivity contribution in [2.45, 2.75) is 95.1 Å². The molecule has 0 radical (unpaired) electrons. The first-order valence-electron chi connectivity index (χ1n) is 9.13. The Balaban J connectivity index is 2.82. The number of methoxy groups -OCH3 is 1. The van der Waals surface area contributed by atoms with E-state index in [0.29, 0.717) is 0 Å². The molecule has 0 spiro atoms. The molecule has 0 amide bonds. The minimum absolute atomic E-state index is 0.0563. The molecular weight excluding hydrogens is 372 g/mol. The standard InChI is InChI=1S/C18H39O6SSi/c1-17(2,3)25(8)24-15-14(20)13(19)12(23-16(15)21-7)11-22-26(9,10)18(4,5)6/h12-16,19-20H,11H2,1-10H3/q+1/t12?,13-,14?,15?,16+,25?/m1/s1. The number of ether oxygens (including phenoxy) is 2. The summed E-state index contributed by atoms with van der Waals surface area (Å²) in [4.78, 5) is 0. The van der Waals surface area contributed by atoms with Gasteiger partial charge in [0.1, 0.15) is 35.7 Å². The highest BCUT2D eigenvalue weighted by molar-refractivity contribution is 7.93. The number of aliphatic hydroxyl groups excluding tert-OH is 2. The Morgan fingerprint density at radius 2 is 1.58 bits per heavy atom. The van der Waals surface area contributed by atoms with Gasteiger partial charge in [0.2, 0.25) is 0 Å². The maximum Gasteiger partial charge on any atom is 0.193 e. The molecule has 1 aliphatic heterocycles. The summed E-state index contributed by atoms with van der Waals surface area (Å²) in [5, 5.41) is 21.3. The molecule has 26 heavy (non-hydrogen) atoms. The summed E-state index contributed by atoms with van der Waals surface area (Å²) in [6, 6.07) is 0. The monoisotopic (exact) mass is 411 g/mol. The van der Waals surface area contributed by atoms with Crippen LogP contribution in [0.5, 0.6) is 0 Å². The van der Waals surface area contributed by atoms with Crippen molar-refractivity contribution in [2.75, 3.05) is 20.0 Å². The maximum atomic E-state index is 10.6. The fraction of sp³-hybridized carbons (Fsp3) is 1.00.